The Bertz CT molecular complexity index is 225. The quantitative estimate of drug-likeness (QED) is 0.392. The molecule has 4 unspecified atom stereocenters. The zero-order valence-electron chi connectivity index (χ0n) is 12.4. The molecule has 0 aromatic heterocycles. The van der Waals surface area contributed by atoms with E-state index in [0.29, 0.717) is 0 Å². The molecular weight excluding hydrogens is 300 g/mol. The van der Waals surface area contributed by atoms with Crippen LogP contribution in [0.5, 0.6) is 0 Å². The molecule has 122 valence electrons. The molecule has 0 amide bonds. The van der Waals surface area contributed by atoms with Crippen molar-refractivity contribution in [2.24, 2.45) is 0 Å². The smallest absolute Gasteiger partial charge is 0.113 e. The van der Waals surface area contributed by atoms with Gasteiger partial charge in [0.25, 0.3) is 0 Å². The van der Waals surface area contributed by atoms with Crippen LogP contribution in [0.25, 0.3) is 0 Å². The third kappa shape index (κ3) is 6.98. The third-order valence-corrected chi connectivity index (χ3v) is 6.10. The van der Waals surface area contributed by atoms with Crippen LogP contribution in [0.2, 0.25) is 0 Å². The number of hydrogen-bond donors (Lipinski definition) is 4. The number of aliphatic hydroxyl groups is 4. The monoisotopic (exact) mass is 328 g/mol. The Morgan fingerprint density at radius 3 is 1.80 bits per heavy atom. The number of thioether (sulfide) groups is 2. The van der Waals surface area contributed by atoms with Crippen LogP contribution in [0.15, 0.2) is 0 Å². The first-order chi connectivity index (χ1) is 9.53. The van der Waals surface area contributed by atoms with E-state index in [-0.39, 0.29) is 4.58 Å². The summed E-state index contributed by atoms with van der Waals surface area (Å²) < 4.78 is 5.02. The average molecular weight is 328 g/mol. The second kappa shape index (κ2) is 12.1. The zero-order chi connectivity index (χ0) is 15.5. The molecule has 5 nitrogen and oxygen atoms in total. The van der Waals surface area contributed by atoms with Gasteiger partial charge in [-0.2, -0.15) is 0 Å². The fourth-order valence-electron chi connectivity index (χ4n) is 1.68. The molecule has 7 heteroatoms. The molecule has 20 heavy (non-hydrogen) atoms. The van der Waals surface area contributed by atoms with E-state index in [1.807, 2.05) is 0 Å². The van der Waals surface area contributed by atoms with Crippen LogP contribution in [0.1, 0.15) is 26.7 Å². The predicted octanol–water partition coefficient (Wildman–Crippen LogP) is 0.689. The number of ether oxygens (including phenoxy) is 1. The maximum Gasteiger partial charge on any atom is 0.113 e. The summed E-state index contributed by atoms with van der Waals surface area (Å²) in [5.41, 5.74) is 0. The molecule has 4 N–H and O–H groups in total. The van der Waals surface area contributed by atoms with Crippen molar-refractivity contribution >= 4 is 23.5 Å². The highest BCUT2D eigenvalue weighted by Gasteiger charge is 2.36. The first-order valence-corrected chi connectivity index (χ1v) is 9.04. The Hall–Kier alpha value is 0.500. The van der Waals surface area contributed by atoms with E-state index in [2.05, 4.69) is 13.8 Å². The number of aliphatic hydroxyl groups excluding tert-OH is 4. The molecule has 0 saturated heterocycles. The molecule has 0 spiro atoms. The van der Waals surface area contributed by atoms with Crippen molar-refractivity contribution in [2.45, 2.75) is 55.7 Å². The summed E-state index contributed by atoms with van der Waals surface area (Å²) in [6.45, 7) is 3.57. The highest BCUT2D eigenvalue weighted by atomic mass is 32.2. The van der Waals surface area contributed by atoms with Gasteiger partial charge >= 0.3 is 0 Å². The van der Waals surface area contributed by atoms with Gasteiger partial charge in [0, 0.05) is 7.11 Å². The van der Waals surface area contributed by atoms with Crippen LogP contribution < -0.4 is 0 Å². The van der Waals surface area contributed by atoms with E-state index >= 15 is 0 Å². The second-order valence-electron chi connectivity index (χ2n) is 4.54. The highest BCUT2D eigenvalue weighted by Crippen LogP contribution is 2.31. The SMILES string of the molecule is CCCSC(SCCC)C(O)C(OC)C(O)C(O)CO. The predicted molar refractivity (Wildman–Crippen MR) is 85.2 cm³/mol. The summed E-state index contributed by atoms with van der Waals surface area (Å²) in [5.74, 6) is 1.82. The van der Waals surface area contributed by atoms with E-state index in [1.54, 1.807) is 23.5 Å². The van der Waals surface area contributed by atoms with Gasteiger partial charge in [-0.15, -0.1) is 23.5 Å². The Labute approximate surface area is 130 Å². The minimum Gasteiger partial charge on any atom is -0.394 e. The summed E-state index contributed by atoms with van der Waals surface area (Å²) in [6, 6.07) is 0. The van der Waals surface area contributed by atoms with Gasteiger partial charge in [0.05, 0.1) is 11.2 Å². The van der Waals surface area contributed by atoms with Gasteiger partial charge in [0.15, 0.2) is 0 Å². The lowest BCUT2D eigenvalue weighted by atomic mass is 10.0. The highest BCUT2D eigenvalue weighted by molar-refractivity contribution is 8.17. The van der Waals surface area contributed by atoms with Crippen molar-refractivity contribution in [1.82, 2.24) is 0 Å². The minimum atomic E-state index is -1.32. The lowest BCUT2D eigenvalue weighted by molar-refractivity contribution is -0.125. The maximum atomic E-state index is 10.4. The molecule has 0 fully saturated rings. The van der Waals surface area contributed by atoms with Crippen molar-refractivity contribution in [1.29, 1.82) is 0 Å². The average Bonchev–Trinajstić information content (AvgIpc) is 2.46. The zero-order valence-corrected chi connectivity index (χ0v) is 14.1. The van der Waals surface area contributed by atoms with Crippen molar-refractivity contribution in [3.63, 3.8) is 0 Å². The van der Waals surface area contributed by atoms with Gasteiger partial charge in [-0.3, -0.25) is 0 Å². The molecule has 0 aliphatic heterocycles. The fraction of sp³-hybridized carbons (Fsp3) is 1.00. The summed E-state index contributed by atoms with van der Waals surface area (Å²) in [7, 11) is 1.38. The van der Waals surface area contributed by atoms with Crippen LogP contribution in [0.3, 0.4) is 0 Å². The van der Waals surface area contributed by atoms with Crippen LogP contribution in [0, 0.1) is 0 Å². The summed E-state index contributed by atoms with van der Waals surface area (Å²) in [5, 5.41) is 38.8. The van der Waals surface area contributed by atoms with Crippen molar-refractivity contribution in [3.8, 4) is 0 Å². The van der Waals surface area contributed by atoms with Gasteiger partial charge in [-0.05, 0) is 24.3 Å². The second-order valence-corrected chi connectivity index (χ2v) is 7.34. The molecule has 0 aliphatic carbocycles. The van der Waals surface area contributed by atoms with Crippen LogP contribution in [-0.2, 0) is 4.74 Å². The first-order valence-electron chi connectivity index (χ1n) is 6.94. The van der Waals surface area contributed by atoms with Gasteiger partial charge in [0.1, 0.15) is 24.4 Å². The van der Waals surface area contributed by atoms with E-state index in [0.717, 1.165) is 24.3 Å². The number of rotatable bonds is 12. The largest absolute Gasteiger partial charge is 0.394 e. The van der Waals surface area contributed by atoms with Gasteiger partial charge in [-0.25, -0.2) is 0 Å². The van der Waals surface area contributed by atoms with Crippen LogP contribution in [-0.4, -0.2) is 74.6 Å². The molecule has 0 aromatic rings. The Kier molecular flexibility index (Phi) is 12.4. The minimum absolute atomic E-state index is 0.125. The topological polar surface area (TPSA) is 90.2 Å². The lowest BCUT2D eigenvalue weighted by Crippen LogP contribution is -2.49. The Morgan fingerprint density at radius 2 is 1.45 bits per heavy atom. The van der Waals surface area contributed by atoms with Crippen molar-refractivity contribution in [2.75, 3.05) is 25.2 Å². The first kappa shape index (κ1) is 20.5. The fourth-order valence-corrected chi connectivity index (χ4v) is 4.28. The van der Waals surface area contributed by atoms with Gasteiger partial charge in [-0.1, -0.05) is 13.8 Å². The van der Waals surface area contributed by atoms with Gasteiger partial charge < -0.3 is 25.2 Å². The van der Waals surface area contributed by atoms with Gasteiger partial charge in [0.2, 0.25) is 0 Å². The molecule has 0 saturated carbocycles. The van der Waals surface area contributed by atoms with E-state index in [1.165, 1.54) is 7.11 Å². The molecule has 4 atom stereocenters. The standard InChI is InChI=1S/C13H28O5S2/c1-4-6-19-13(20-7-5-2)11(17)12(18-3)10(16)9(15)8-14/h9-17H,4-8H2,1-3H3. The summed E-state index contributed by atoms with van der Waals surface area (Å²) in [6.07, 6.45) is -2.46. The van der Waals surface area contributed by atoms with Crippen molar-refractivity contribution in [3.05, 3.63) is 0 Å². The number of hydrogen-bond acceptors (Lipinski definition) is 7. The van der Waals surface area contributed by atoms with Crippen molar-refractivity contribution < 1.29 is 25.2 Å². The van der Waals surface area contributed by atoms with E-state index in [9.17, 15) is 15.3 Å². The molecule has 0 heterocycles. The third-order valence-electron chi connectivity index (χ3n) is 2.78. The lowest BCUT2D eigenvalue weighted by Gasteiger charge is -2.32. The summed E-state index contributed by atoms with van der Waals surface area (Å²) >= 11 is 3.26. The molecule has 0 radical (unpaired) electrons. The molecule has 0 aliphatic rings. The van der Waals surface area contributed by atoms with E-state index in [4.69, 9.17) is 9.84 Å². The Balaban J connectivity index is 4.73. The molecule has 0 rings (SSSR count). The number of methoxy groups -OCH3 is 1. The maximum absolute atomic E-state index is 10.4. The van der Waals surface area contributed by atoms with Crippen LogP contribution >= 0.6 is 23.5 Å². The molecule has 0 aromatic carbocycles. The van der Waals surface area contributed by atoms with Crippen LogP contribution in [0.4, 0.5) is 0 Å². The molecule has 0 bridgehead atoms. The molecular formula is C13H28O5S2. The summed E-state index contributed by atoms with van der Waals surface area (Å²) in [4.78, 5) is 0. The Morgan fingerprint density at radius 1 is 0.950 bits per heavy atom. The van der Waals surface area contributed by atoms with E-state index < -0.39 is 31.0 Å². The normalized spacial score (nSPS) is 18.0.